The van der Waals surface area contributed by atoms with Gasteiger partial charge in [0.2, 0.25) is 0 Å². The normalized spacial score (nSPS) is 10.2. The largest absolute Gasteiger partial charge is 0.495 e. The van der Waals surface area contributed by atoms with Gasteiger partial charge in [-0.3, -0.25) is 0 Å². The molecule has 0 spiro atoms. The molecule has 0 aliphatic rings. The van der Waals surface area contributed by atoms with Crippen molar-refractivity contribution in [1.29, 1.82) is 0 Å². The number of rotatable bonds is 6. The quantitative estimate of drug-likeness (QED) is 0.734. The zero-order valence-corrected chi connectivity index (χ0v) is 15.7. The summed E-state index contributed by atoms with van der Waals surface area (Å²) in [4.78, 5) is 12.1. The van der Waals surface area contributed by atoms with Crippen LogP contribution in [0.4, 0.5) is 10.5 Å². The molecular weight excluding hydrogens is 396 g/mol. The van der Waals surface area contributed by atoms with Gasteiger partial charge in [0.15, 0.2) is 0 Å². The van der Waals surface area contributed by atoms with Crippen LogP contribution in [0.15, 0.2) is 40.9 Å². The minimum Gasteiger partial charge on any atom is -0.495 e. The minimum absolute atomic E-state index is 0.329. The van der Waals surface area contributed by atoms with E-state index in [1.807, 2.05) is 24.3 Å². The van der Waals surface area contributed by atoms with E-state index in [1.165, 1.54) is 14.2 Å². The molecule has 24 heavy (non-hydrogen) atoms. The number of amides is 2. The molecule has 2 rings (SSSR count). The van der Waals surface area contributed by atoms with Crippen molar-refractivity contribution in [2.45, 2.75) is 6.42 Å². The first-order chi connectivity index (χ1) is 11.5. The molecule has 0 aromatic heterocycles. The van der Waals surface area contributed by atoms with Gasteiger partial charge >= 0.3 is 6.03 Å². The molecular formula is C17H18BrClN2O3. The Labute approximate surface area is 154 Å². The third-order valence-corrected chi connectivity index (χ3v) is 4.43. The number of carbonyl (C=O) groups is 1. The molecule has 0 atom stereocenters. The Bertz CT molecular complexity index is 725. The lowest BCUT2D eigenvalue weighted by Gasteiger charge is -2.14. The molecule has 2 aromatic carbocycles. The van der Waals surface area contributed by atoms with Crippen LogP contribution < -0.4 is 20.1 Å². The Morgan fingerprint density at radius 3 is 2.54 bits per heavy atom. The molecule has 2 amide bonds. The van der Waals surface area contributed by atoms with Crippen LogP contribution in [0.25, 0.3) is 0 Å². The number of hydrogen-bond acceptors (Lipinski definition) is 3. The monoisotopic (exact) mass is 412 g/mol. The van der Waals surface area contributed by atoms with Crippen LogP contribution in [0.1, 0.15) is 5.56 Å². The molecule has 128 valence electrons. The fraction of sp³-hybridized carbons (Fsp3) is 0.235. The Kier molecular flexibility index (Phi) is 6.75. The number of methoxy groups -OCH3 is 2. The molecule has 0 saturated heterocycles. The average Bonchev–Trinajstić information content (AvgIpc) is 2.57. The van der Waals surface area contributed by atoms with Crippen molar-refractivity contribution in [3.8, 4) is 11.5 Å². The fourth-order valence-corrected chi connectivity index (χ4v) is 2.85. The summed E-state index contributed by atoms with van der Waals surface area (Å²) in [5.74, 6) is 0.919. The van der Waals surface area contributed by atoms with Crippen LogP contribution in [0.5, 0.6) is 11.5 Å². The van der Waals surface area contributed by atoms with E-state index in [9.17, 15) is 4.79 Å². The Morgan fingerprint density at radius 2 is 1.88 bits per heavy atom. The van der Waals surface area contributed by atoms with Crippen LogP contribution in [0.3, 0.4) is 0 Å². The summed E-state index contributed by atoms with van der Waals surface area (Å²) >= 11 is 9.53. The van der Waals surface area contributed by atoms with E-state index in [0.717, 1.165) is 16.5 Å². The summed E-state index contributed by atoms with van der Waals surface area (Å²) in [5.41, 5.74) is 1.61. The highest BCUT2D eigenvalue weighted by Crippen LogP contribution is 2.35. The summed E-state index contributed by atoms with van der Waals surface area (Å²) in [5, 5.41) is 5.96. The average molecular weight is 414 g/mol. The summed E-state index contributed by atoms with van der Waals surface area (Å²) in [7, 11) is 3.02. The maximum atomic E-state index is 12.1. The topological polar surface area (TPSA) is 59.6 Å². The van der Waals surface area contributed by atoms with Crippen molar-refractivity contribution in [2.24, 2.45) is 0 Å². The Morgan fingerprint density at radius 1 is 1.17 bits per heavy atom. The second-order valence-electron chi connectivity index (χ2n) is 4.91. The van der Waals surface area contributed by atoms with E-state index in [1.54, 1.807) is 12.1 Å². The summed E-state index contributed by atoms with van der Waals surface area (Å²) in [6.07, 6.45) is 0.718. The molecule has 0 saturated carbocycles. The molecule has 7 heteroatoms. The van der Waals surface area contributed by atoms with Crippen LogP contribution in [-0.2, 0) is 6.42 Å². The fourth-order valence-electron chi connectivity index (χ4n) is 2.14. The lowest BCUT2D eigenvalue weighted by molar-refractivity contribution is 0.252. The van der Waals surface area contributed by atoms with Crippen molar-refractivity contribution in [1.82, 2.24) is 5.32 Å². The van der Waals surface area contributed by atoms with E-state index in [4.69, 9.17) is 21.1 Å². The van der Waals surface area contributed by atoms with Crippen LogP contribution in [0.2, 0.25) is 5.02 Å². The van der Waals surface area contributed by atoms with E-state index < -0.39 is 0 Å². The standard InChI is InChI=1S/C17H18BrClN2O3/c1-23-15-10-14(16(24-2)9-13(15)19)21-17(22)20-8-7-11-5-3-4-6-12(11)18/h3-6,9-10H,7-8H2,1-2H3,(H2,20,21,22). The number of carbonyl (C=O) groups excluding carboxylic acids is 1. The van der Waals surface area contributed by atoms with Gasteiger partial charge < -0.3 is 20.1 Å². The molecule has 0 heterocycles. The van der Waals surface area contributed by atoms with E-state index >= 15 is 0 Å². The first-order valence-corrected chi connectivity index (χ1v) is 8.42. The molecule has 5 nitrogen and oxygen atoms in total. The Hall–Kier alpha value is -1.92. The van der Waals surface area contributed by atoms with Crippen molar-refractivity contribution in [3.05, 3.63) is 51.5 Å². The van der Waals surface area contributed by atoms with E-state index in [-0.39, 0.29) is 6.03 Å². The number of nitrogens with one attached hydrogen (secondary N) is 2. The predicted molar refractivity (Wildman–Crippen MR) is 99.4 cm³/mol. The second-order valence-corrected chi connectivity index (χ2v) is 6.17. The highest BCUT2D eigenvalue weighted by atomic mass is 79.9. The van der Waals surface area contributed by atoms with Crippen LogP contribution in [-0.4, -0.2) is 26.8 Å². The second kappa shape index (κ2) is 8.80. The van der Waals surface area contributed by atoms with Gasteiger partial charge in [0.05, 0.1) is 24.9 Å². The van der Waals surface area contributed by atoms with Gasteiger partial charge in [-0.2, -0.15) is 0 Å². The van der Waals surface area contributed by atoms with Crippen LogP contribution in [0, 0.1) is 0 Å². The molecule has 2 N–H and O–H groups in total. The van der Waals surface area contributed by atoms with Gasteiger partial charge in [-0.15, -0.1) is 0 Å². The van der Waals surface area contributed by atoms with Gasteiger partial charge in [0, 0.05) is 23.2 Å². The van der Waals surface area contributed by atoms with Gasteiger partial charge in [0.25, 0.3) is 0 Å². The van der Waals surface area contributed by atoms with Crippen LogP contribution >= 0.6 is 27.5 Å². The first kappa shape index (κ1) is 18.4. The smallest absolute Gasteiger partial charge is 0.319 e. The molecule has 0 fully saturated rings. The maximum Gasteiger partial charge on any atom is 0.319 e. The van der Waals surface area contributed by atoms with Crippen molar-refractivity contribution in [2.75, 3.05) is 26.1 Å². The van der Waals surface area contributed by atoms with Crippen molar-refractivity contribution < 1.29 is 14.3 Å². The number of urea groups is 1. The number of hydrogen-bond donors (Lipinski definition) is 2. The predicted octanol–water partition coefficient (Wildman–Crippen LogP) is 4.48. The zero-order chi connectivity index (χ0) is 17.5. The molecule has 0 aliphatic heterocycles. The highest BCUT2D eigenvalue weighted by Gasteiger charge is 2.12. The van der Waals surface area contributed by atoms with E-state index in [0.29, 0.717) is 28.8 Å². The molecule has 0 radical (unpaired) electrons. The SMILES string of the molecule is COc1cc(NC(=O)NCCc2ccccc2Br)c(OC)cc1Cl. The number of benzene rings is 2. The van der Waals surface area contributed by atoms with Gasteiger partial charge in [-0.25, -0.2) is 4.79 Å². The summed E-state index contributed by atoms with van der Waals surface area (Å²) in [6, 6.07) is 10.8. The summed E-state index contributed by atoms with van der Waals surface area (Å²) < 4.78 is 11.4. The van der Waals surface area contributed by atoms with Crippen molar-refractivity contribution >= 4 is 39.2 Å². The lowest BCUT2D eigenvalue weighted by atomic mass is 10.1. The molecule has 2 aromatic rings. The molecule has 0 bridgehead atoms. The highest BCUT2D eigenvalue weighted by molar-refractivity contribution is 9.10. The summed E-state index contributed by atoms with van der Waals surface area (Å²) in [6.45, 7) is 0.501. The third-order valence-electron chi connectivity index (χ3n) is 3.36. The molecule has 0 aliphatic carbocycles. The van der Waals surface area contributed by atoms with E-state index in [2.05, 4.69) is 26.6 Å². The number of ether oxygens (including phenoxy) is 2. The number of anilines is 1. The van der Waals surface area contributed by atoms with Gasteiger partial charge in [0.1, 0.15) is 11.5 Å². The molecule has 0 unspecified atom stereocenters. The van der Waals surface area contributed by atoms with Crippen molar-refractivity contribution in [3.63, 3.8) is 0 Å². The Balaban J connectivity index is 1.96. The maximum absolute atomic E-state index is 12.1. The van der Waals surface area contributed by atoms with Gasteiger partial charge in [-0.05, 0) is 18.1 Å². The lowest BCUT2D eigenvalue weighted by Crippen LogP contribution is -2.30. The minimum atomic E-state index is -0.329. The number of halogens is 2. The third kappa shape index (κ3) is 4.79. The zero-order valence-electron chi connectivity index (χ0n) is 13.4. The first-order valence-electron chi connectivity index (χ1n) is 7.25. The van der Waals surface area contributed by atoms with Gasteiger partial charge in [-0.1, -0.05) is 45.7 Å².